The molecule has 0 fully saturated rings. The highest BCUT2D eigenvalue weighted by Gasteiger charge is 2.04. The standard InChI is InChI=1S/C13H20N2O2S/c1-9(2)15-13(16)8-18-7-10-4-11(14)6-12(5-10)17-3/h4-6,9H,7-8,14H2,1-3H3,(H,15,16). The van der Waals surface area contributed by atoms with Crippen molar-refractivity contribution in [2.24, 2.45) is 0 Å². The molecule has 5 heteroatoms. The maximum Gasteiger partial charge on any atom is 0.230 e. The maximum atomic E-state index is 11.5. The fourth-order valence-corrected chi connectivity index (χ4v) is 2.29. The molecule has 0 radical (unpaired) electrons. The molecule has 3 N–H and O–H groups in total. The number of nitrogen functional groups attached to an aromatic ring is 1. The molecule has 0 aliphatic carbocycles. The predicted molar refractivity (Wildman–Crippen MR) is 76.8 cm³/mol. The fourth-order valence-electron chi connectivity index (χ4n) is 1.51. The van der Waals surface area contributed by atoms with Crippen LogP contribution in [-0.2, 0) is 10.5 Å². The molecule has 1 amide bonds. The lowest BCUT2D eigenvalue weighted by Crippen LogP contribution is -2.31. The van der Waals surface area contributed by atoms with Crippen molar-refractivity contribution in [2.45, 2.75) is 25.6 Å². The summed E-state index contributed by atoms with van der Waals surface area (Å²) >= 11 is 1.56. The Hall–Kier alpha value is -1.36. The highest BCUT2D eigenvalue weighted by Crippen LogP contribution is 2.21. The Kier molecular flexibility index (Phi) is 5.85. The summed E-state index contributed by atoms with van der Waals surface area (Å²) in [5, 5.41) is 2.85. The van der Waals surface area contributed by atoms with Gasteiger partial charge in [0.2, 0.25) is 5.91 Å². The SMILES string of the molecule is COc1cc(N)cc(CSCC(=O)NC(C)C)c1. The van der Waals surface area contributed by atoms with E-state index in [0.29, 0.717) is 11.4 Å². The zero-order valence-corrected chi connectivity index (χ0v) is 11.8. The van der Waals surface area contributed by atoms with Crippen molar-refractivity contribution in [1.29, 1.82) is 0 Å². The van der Waals surface area contributed by atoms with E-state index in [0.717, 1.165) is 17.1 Å². The van der Waals surface area contributed by atoms with Crippen LogP contribution in [0.5, 0.6) is 5.75 Å². The molecule has 1 aromatic carbocycles. The van der Waals surface area contributed by atoms with Gasteiger partial charge >= 0.3 is 0 Å². The summed E-state index contributed by atoms with van der Waals surface area (Å²) in [6.07, 6.45) is 0. The van der Waals surface area contributed by atoms with Gasteiger partial charge in [-0.1, -0.05) is 0 Å². The van der Waals surface area contributed by atoms with Gasteiger partial charge in [-0.25, -0.2) is 0 Å². The van der Waals surface area contributed by atoms with Gasteiger partial charge in [0, 0.05) is 23.5 Å². The van der Waals surface area contributed by atoms with Crippen molar-refractivity contribution < 1.29 is 9.53 Å². The Bertz CT molecular complexity index is 408. The Labute approximate surface area is 112 Å². The van der Waals surface area contributed by atoms with E-state index in [1.54, 1.807) is 24.9 Å². The molecule has 0 heterocycles. The third-order valence-corrected chi connectivity index (χ3v) is 3.18. The highest BCUT2D eigenvalue weighted by molar-refractivity contribution is 7.99. The number of methoxy groups -OCH3 is 1. The monoisotopic (exact) mass is 268 g/mol. The Morgan fingerprint density at radius 3 is 2.78 bits per heavy atom. The van der Waals surface area contributed by atoms with Gasteiger partial charge in [-0.15, -0.1) is 11.8 Å². The first-order chi connectivity index (χ1) is 8.51. The molecule has 1 rings (SSSR count). The molecule has 0 aromatic heterocycles. The third kappa shape index (κ3) is 5.31. The van der Waals surface area contributed by atoms with Crippen LogP contribution in [0, 0.1) is 0 Å². The Morgan fingerprint density at radius 2 is 2.17 bits per heavy atom. The van der Waals surface area contributed by atoms with Crippen molar-refractivity contribution in [2.75, 3.05) is 18.6 Å². The second kappa shape index (κ2) is 7.16. The van der Waals surface area contributed by atoms with Crippen molar-refractivity contribution in [3.8, 4) is 5.75 Å². The van der Waals surface area contributed by atoms with Crippen molar-refractivity contribution >= 4 is 23.4 Å². The fraction of sp³-hybridized carbons (Fsp3) is 0.462. The number of thioether (sulfide) groups is 1. The van der Waals surface area contributed by atoms with E-state index >= 15 is 0 Å². The van der Waals surface area contributed by atoms with Crippen molar-refractivity contribution in [3.05, 3.63) is 23.8 Å². The average molecular weight is 268 g/mol. The number of nitrogens with one attached hydrogen (secondary N) is 1. The summed E-state index contributed by atoms with van der Waals surface area (Å²) in [4.78, 5) is 11.5. The average Bonchev–Trinajstić information content (AvgIpc) is 2.27. The van der Waals surface area contributed by atoms with Crippen molar-refractivity contribution in [1.82, 2.24) is 5.32 Å². The number of hydrogen-bond donors (Lipinski definition) is 2. The van der Waals surface area contributed by atoms with Crippen LogP contribution in [0.2, 0.25) is 0 Å². The van der Waals surface area contributed by atoms with Crippen LogP contribution in [0.4, 0.5) is 5.69 Å². The minimum Gasteiger partial charge on any atom is -0.497 e. The second-order valence-corrected chi connectivity index (χ2v) is 5.32. The summed E-state index contributed by atoms with van der Waals surface area (Å²) in [5.74, 6) is 2.01. The quantitative estimate of drug-likeness (QED) is 0.775. The van der Waals surface area contributed by atoms with E-state index in [4.69, 9.17) is 10.5 Å². The molecule has 0 atom stereocenters. The zero-order chi connectivity index (χ0) is 13.5. The molecular weight excluding hydrogens is 248 g/mol. The molecule has 0 saturated carbocycles. The number of ether oxygens (including phenoxy) is 1. The number of benzene rings is 1. The number of nitrogens with two attached hydrogens (primary N) is 1. The van der Waals surface area contributed by atoms with Crippen LogP contribution in [0.3, 0.4) is 0 Å². The van der Waals surface area contributed by atoms with E-state index in [1.165, 1.54) is 0 Å². The zero-order valence-electron chi connectivity index (χ0n) is 11.0. The number of carbonyl (C=O) groups is 1. The number of carbonyl (C=O) groups excluding carboxylic acids is 1. The van der Waals surface area contributed by atoms with Gasteiger partial charge in [0.25, 0.3) is 0 Å². The number of rotatable bonds is 6. The van der Waals surface area contributed by atoms with Crippen LogP contribution < -0.4 is 15.8 Å². The summed E-state index contributed by atoms with van der Waals surface area (Å²) in [6.45, 7) is 3.90. The van der Waals surface area contributed by atoms with E-state index in [2.05, 4.69) is 5.32 Å². The largest absolute Gasteiger partial charge is 0.497 e. The first kappa shape index (κ1) is 14.7. The van der Waals surface area contributed by atoms with E-state index in [9.17, 15) is 4.79 Å². The number of anilines is 1. The lowest BCUT2D eigenvalue weighted by molar-refractivity contribution is -0.119. The predicted octanol–water partition coefficient (Wildman–Crippen LogP) is 2.04. The molecule has 0 spiro atoms. The van der Waals surface area contributed by atoms with Gasteiger partial charge < -0.3 is 15.8 Å². The van der Waals surface area contributed by atoms with Gasteiger partial charge in [-0.2, -0.15) is 0 Å². The van der Waals surface area contributed by atoms with Gasteiger partial charge in [0.1, 0.15) is 5.75 Å². The van der Waals surface area contributed by atoms with Crippen molar-refractivity contribution in [3.63, 3.8) is 0 Å². The highest BCUT2D eigenvalue weighted by atomic mass is 32.2. The first-order valence-corrected chi connectivity index (χ1v) is 6.97. The Balaban J connectivity index is 2.44. The smallest absolute Gasteiger partial charge is 0.230 e. The van der Waals surface area contributed by atoms with Crippen LogP contribution >= 0.6 is 11.8 Å². The van der Waals surface area contributed by atoms with Gasteiger partial charge in [0.15, 0.2) is 0 Å². The topological polar surface area (TPSA) is 64.3 Å². The lowest BCUT2D eigenvalue weighted by atomic mass is 10.2. The van der Waals surface area contributed by atoms with Crippen LogP contribution in [0.25, 0.3) is 0 Å². The number of amides is 1. The lowest BCUT2D eigenvalue weighted by Gasteiger charge is -2.09. The van der Waals surface area contributed by atoms with Crippen LogP contribution in [-0.4, -0.2) is 24.8 Å². The molecule has 0 aliphatic heterocycles. The molecule has 0 saturated heterocycles. The van der Waals surface area contributed by atoms with Crippen LogP contribution in [0.1, 0.15) is 19.4 Å². The normalized spacial score (nSPS) is 10.4. The summed E-state index contributed by atoms with van der Waals surface area (Å²) in [6, 6.07) is 5.80. The molecule has 1 aromatic rings. The maximum absolute atomic E-state index is 11.5. The molecular formula is C13H20N2O2S. The molecule has 100 valence electrons. The molecule has 18 heavy (non-hydrogen) atoms. The van der Waals surface area contributed by atoms with Gasteiger partial charge in [-0.3, -0.25) is 4.79 Å². The number of hydrogen-bond acceptors (Lipinski definition) is 4. The van der Waals surface area contributed by atoms with Gasteiger partial charge in [0.05, 0.1) is 12.9 Å². The molecule has 0 aliphatic rings. The molecule has 4 nitrogen and oxygen atoms in total. The second-order valence-electron chi connectivity index (χ2n) is 4.33. The van der Waals surface area contributed by atoms with E-state index < -0.39 is 0 Å². The molecule has 0 unspecified atom stereocenters. The summed E-state index contributed by atoms with van der Waals surface area (Å²) in [7, 11) is 1.61. The minimum absolute atomic E-state index is 0.0610. The first-order valence-electron chi connectivity index (χ1n) is 5.82. The summed E-state index contributed by atoms with van der Waals surface area (Å²) < 4.78 is 5.15. The van der Waals surface area contributed by atoms with Crippen LogP contribution in [0.15, 0.2) is 18.2 Å². The minimum atomic E-state index is 0.0610. The third-order valence-electron chi connectivity index (χ3n) is 2.18. The molecule has 0 bridgehead atoms. The Morgan fingerprint density at radius 1 is 1.44 bits per heavy atom. The van der Waals surface area contributed by atoms with E-state index in [1.807, 2.05) is 26.0 Å². The van der Waals surface area contributed by atoms with Gasteiger partial charge in [-0.05, 0) is 31.5 Å². The summed E-state index contributed by atoms with van der Waals surface area (Å²) in [5.41, 5.74) is 7.51. The van der Waals surface area contributed by atoms with E-state index in [-0.39, 0.29) is 11.9 Å².